The molecule has 0 aliphatic heterocycles. The van der Waals surface area contributed by atoms with E-state index in [0.29, 0.717) is 18.7 Å². The van der Waals surface area contributed by atoms with E-state index >= 15 is 0 Å². The Bertz CT molecular complexity index is 370. The van der Waals surface area contributed by atoms with Gasteiger partial charge in [-0.25, -0.2) is 0 Å². The van der Waals surface area contributed by atoms with Crippen LogP contribution in [0.3, 0.4) is 0 Å². The number of methoxy groups -OCH3 is 1. The molecular weight excluding hydrogens is 240 g/mol. The largest absolute Gasteiger partial charge is 0.495 e. The van der Waals surface area contributed by atoms with Crippen molar-refractivity contribution in [2.75, 3.05) is 26.0 Å². The lowest BCUT2D eigenvalue weighted by Gasteiger charge is -2.10. The van der Waals surface area contributed by atoms with Crippen LogP contribution in [0.1, 0.15) is 12.0 Å². The number of anilines is 1. The molecule has 0 heterocycles. The highest BCUT2D eigenvalue weighted by Gasteiger charge is 2.06. The highest BCUT2D eigenvalue weighted by Crippen LogP contribution is 2.25. The van der Waals surface area contributed by atoms with Crippen molar-refractivity contribution in [1.29, 1.82) is 0 Å². The molecule has 0 radical (unpaired) electrons. The lowest BCUT2D eigenvalue weighted by atomic mass is 10.2. The number of aryl methyl sites for hydroxylation is 1. The molecule has 0 aromatic heterocycles. The van der Waals surface area contributed by atoms with Gasteiger partial charge >= 0.3 is 0 Å². The van der Waals surface area contributed by atoms with E-state index in [1.807, 2.05) is 32.2 Å². The van der Waals surface area contributed by atoms with E-state index in [1.54, 1.807) is 7.11 Å². The molecule has 0 saturated carbocycles. The first-order valence-corrected chi connectivity index (χ1v) is 5.26. The molecule has 0 atom stereocenters. The Kier molecular flexibility index (Phi) is 7.34. The van der Waals surface area contributed by atoms with Crippen LogP contribution in [-0.2, 0) is 4.79 Å². The zero-order chi connectivity index (χ0) is 12.0. The number of hydrogen-bond acceptors (Lipinski definition) is 3. The number of rotatable bonds is 5. The van der Waals surface area contributed by atoms with Crippen molar-refractivity contribution in [3.63, 3.8) is 0 Å². The average molecular weight is 259 g/mol. The van der Waals surface area contributed by atoms with E-state index in [9.17, 15) is 4.79 Å². The molecule has 0 fully saturated rings. The lowest BCUT2D eigenvalue weighted by Crippen LogP contribution is -2.19. The van der Waals surface area contributed by atoms with Crippen molar-refractivity contribution in [1.82, 2.24) is 5.32 Å². The maximum atomic E-state index is 11.5. The summed E-state index contributed by atoms with van der Waals surface area (Å²) < 4.78 is 5.18. The summed E-state index contributed by atoms with van der Waals surface area (Å²) in [5.74, 6) is 0.668. The average Bonchev–Trinajstić information content (AvgIpc) is 2.27. The van der Waals surface area contributed by atoms with E-state index in [4.69, 9.17) is 4.74 Å². The molecule has 5 heteroatoms. The Morgan fingerprint density at radius 2 is 2.12 bits per heavy atom. The fourth-order valence-electron chi connectivity index (χ4n) is 1.37. The summed E-state index contributed by atoms with van der Waals surface area (Å²) >= 11 is 0. The van der Waals surface area contributed by atoms with Crippen LogP contribution in [0.5, 0.6) is 5.75 Å². The maximum Gasteiger partial charge on any atom is 0.225 e. The summed E-state index contributed by atoms with van der Waals surface area (Å²) in [6.07, 6.45) is 0.452. The minimum atomic E-state index is -0.0155. The molecule has 0 spiro atoms. The van der Waals surface area contributed by atoms with Crippen LogP contribution >= 0.6 is 12.4 Å². The van der Waals surface area contributed by atoms with Gasteiger partial charge in [0.2, 0.25) is 5.91 Å². The zero-order valence-corrected chi connectivity index (χ0v) is 11.2. The first-order chi connectivity index (χ1) is 7.67. The molecular formula is C12H19ClN2O2. The van der Waals surface area contributed by atoms with Gasteiger partial charge in [0.05, 0.1) is 12.8 Å². The fourth-order valence-corrected chi connectivity index (χ4v) is 1.37. The smallest absolute Gasteiger partial charge is 0.225 e. The third-order valence-electron chi connectivity index (χ3n) is 2.23. The number of carbonyl (C=O) groups excluding carboxylic acids is 1. The number of ether oxygens (including phenoxy) is 1. The first-order valence-electron chi connectivity index (χ1n) is 5.26. The van der Waals surface area contributed by atoms with Crippen molar-refractivity contribution in [3.05, 3.63) is 23.8 Å². The Labute approximate surface area is 108 Å². The summed E-state index contributed by atoms with van der Waals surface area (Å²) in [5, 5.41) is 5.77. The number of benzene rings is 1. The second kappa shape index (κ2) is 7.92. The van der Waals surface area contributed by atoms with Crippen LogP contribution in [0.2, 0.25) is 0 Å². The number of halogens is 1. The Morgan fingerprint density at radius 1 is 1.41 bits per heavy atom. The van der Waals surface area contributed by atoms with Crippen LogP contribution in [0.4, 0.5) is 5.69 Å². The molecule has 1 aromatic rings. The SMILES string of the molecule is CNCCC(=O)Nc1cc(C)ccc1OC.Cl. The van der Waals surface area contributed by atoms with E-state index < -0.39 is 0 Å². The van der Waals surface area contributed by atoms with E-state index in [2.05, 4.69) is 10.6 Å². The minimum Gasteiger partial charge on any atom is -0.495 e. The van der Waals surface area contributed by atoms with Gasteiger partial charge in [0.25, 0.3) is 0 Å². The van der Waals surface area contributed by atoms with Gasteiger partial charge in [0.15, 0.2) is 0 Å². The van der Waals surface area contributed by atoms with Crippen LogP contribution in [-0.4, -0.2) is 26.6 Å². The van der Waals surface area contributed by atoms with Crippen LogP contribution in [0, 0.1) is 6.92 Å². The Hall–Kier alpha value is -1.26. The second-order valence-corrected chi connectivity index (χ2v) is 3.61. The van der Waals surface area contributed by atoms with Crippen LogP contribution in [0.25, 0.3) is 0 Å². The zero-order valence-electron chi connectivity index (χ0n) is 10.4. The molecule has 17 heavy (non-hydrogen) atoms. The van der Waals surface area contributed by atoms with Crippen molar-refractivity contribution < 1.29 is 9.53 Å². The number of hydrogen-bond donors (Lipinski definition) is 2. The number of nitrogens with one attached hydrogen (secondary N) is 2. The van der Waals surface area contributed by atoms with Gasteiger partial charge < -0.3 is 15.4 Å². The van der Waals surface area contributed by atoms with Crippen molar-refractivity contribution >= 4 is 24.0 Å². The monoisotopic (exact) mass is 258 g/mol. The highest BCUT2D eigenvalue weighted by molar-refractivity contribution is 5.92. The van der Waals surface area contributed by atoms with Gasteiger partial charge in [-0.3, -0.25) is 4.79 Å². The van der Waals surface area contributed by atoms with Gasteiger partial charge in [0.1, 0.15) is 5.75 Å². The van der Waals surface area contributed by atoms with E-state index in [1.165, 1.54) is 0 Å². The lowest BCUT2D eigenvalue weighted by molar-refractivity contribution is -0.116. The Morgan fingerprint density at radius 3 is 2.71 bits per heavy atom. The van der Waals surface area contributed by atoms with Crippen molar-refractivity contribution in [3.8, 4) is 5.75 Å². The molecule has 0 aliphatic carbocycles. The fraction of sp³-hybridized carbons (Fsp3) is 0.417. The van der Waals surface area contributed by atoms with Crippen LogP contribution in [0.15, 0.2) is 18.2 Å². The summed E-state index contributed by atoms with van der Waals surface area (Å²) in [7, 11) is 3.41. The van der Waals surface area contributed by atoms with Gasteiger partial charge in [0, 0.05) is 13.0 Å². The molecule has 1 amide bonds. The molecule has 1 rings (SSSR count). The Balaban J connectivity index is 0.00000256. The van der Waals surface area contributed by atoms with Gasteiger partial charge in [-0.2, -0.15) is 0 Å². The standard InChI is InChI=1S/C12H18N2O2.ClH/c1-9-4-5-11(16-3)10(8-9)14-12(15)6-7-13-2;/h4-5,8,13H,6-7H2,1-3H3,(H,14,15);1H. The molecule has 0 unspecified atom stereocenters. The molecule has 96 valence electrons. The molecule has 0 bridgehead atoms. The predicted molar refractivity (Wildman–Crippen MR) is 72.2 cm³/mol. The maximum absolute atomic E-state index is 11.5. The summed E-state index contributed by atoms with van der Waals surface area (Å²) in [5.41, 5.74) is 1.81. The number of amides is 1. The summed E-state index contributed by atoms with van der Waals surface area (Å²) in [6.45, 7) is 2.64. The molecule has 0 saturated heterocycles. The molecule has 0 aliphatic rings. The molecule has 2 N–H and O–H groups in total. The minimum absolute atomic E-state index is 0. The van der Waals surface area contributed by atoms with E-state index in [0.717, 1.165) is 11.3 Å². The van der Waals surface area contributed by atoms with Gasteiger partial charge in [-0.05, 0) is 31.7 Å². The topological polar surface area (TPSA) is 50.4 Å². The predicted octanol–water partition coefficient (Wildman–Crippen LogP) is 1.97. The first kappa shape index (κ1) is 15.7. The highest BCUT2D eigenvalue weighted by atomic mass is 35.5. The quantitative estimate of drug-likeness (QED) is 0.849. The third-order valence-corrected chi connectivity index (χ3v) is 2.23. The normalized spacial score (nSPS) is 9.35. The molecule has 1 aromatic carbocycles. The number of carbonyl (C=O) groups is 1. The second-order valence-electron chi connectivity index (χ2n) is 3.61. The van der Waals surface area contributed by atoms with Crippen molar-refractivity contribution in [2.24, 2.45) is 0 Å². The van der Waals surface area contributed by atoms with Crippen molar-refractivity contribution in [2.45, 2.75) is 13.3 Å². The summed E-state index contributed by atoms with van der Waals surface area (Å²) in [4.78, 5) is 11.5. The van der Waals surface area contributed by atoms with Gasteiger partial charge in [-0.1, -0.05) is 6.07 Å². The van der Waals surface area contributed by atoms with Gasteiger partial charge in [-0.15, -0.1) is 12.4 Å². The summed E-state index contributed by atoms with van der Waals surface area (Å²) in [6, 6.07) is 5.70. The van der Waals surface area contributed by atoms with E-state index in [-0.39, 0.29) is 18.3 Å². The molecule has 4 nitrogen and oxygen atoms in total. The third kappa shape index (κ3) is 5.06. The van der Waals surface area contributed by atoms with Crippen LogP contribution < -0.4 is 15.4 Å².